The molecule has 1 N–H and O–H groups in total. The van der Waals surface area contributed by atoms with E-state index in [-0.39, 0.29) is 24.8 Å². The molecule has 2 rings (SSSR count). The third-order valence-electron chi connectivity index (χ3n) is 1.88. The summed E-state index contributed by atoms with van der Waals surface area (Å²) in [5, 5.41) is 3.32. The van der Waals surface area contributed by atoms with Crippen LogP contribution in [-0.4, -0.2) is 13.1 Å². The van der Waals surface area contributed by atoms with Gasteiger partial charge in [0.15, 0.2) is 0 Å². The van der Waals surface area contributed by atoms with Gasteiger partial charge in [0.2, 0.25) is 0 Å². The summed E-state index contributed by atoms with van der Waals surface area (Å²) in [5.74, 6) is 2.20. The topological polar surface area (TPSA) is 12.0 Å². The molecule has 0 aromatic heterocycles. The molecule has 50 valence electrons. The number of hydrogen-bond acceptors (Lipinski definition) is 1. The van der Waals surface area contributed by atoms with Crippen molar-refractivity contribution in [1.82, 2.24) is 5.32 Å². The maximum absolute atomic E-state index is 3.32. The lowest BCUT2D eigenvalue weighted by Crippen LogP contribution is -2.10. The number of halogens is 2. The highest BCUT2D eigenvalue weighted by Gasteiger charge is 2.40. The van der Waals surface area contributed by atoms with Gasteiger partial charge in [-0.25, -0.2) is 0 Å². The molecular weight excluding hydrogens is 145 g/mol. The van der Waals surface area contributed by atoms with E-state index in [0.29, 0.717) is 0 Å². The van der Waals surface area contributed by atoms with Crippen LogP contribution in [-0.2, 0) is 0 Å². The number of hydrogen-bond donors (Lipinski definition) is 1. The van der Waals surface area contributed by atoms with Crippen LogP contribution < -0.4 is 5.32 Å². The lowest BCUT2D eigenvalue weighted by atomic mass is 10.4. The van der Waals surface area contributed by atoms with E-state index in [2.05, 4.69) is 5.32 Å². The van der Waals surface area contributed by atoms with Crippen LogP contribution in [0.3, 0.4) is 0 Å². The maximum Gasteiger partial charge on any atom is -0.00172 e. The highest BCUT2D eigenvalue weighted by Crippen LogP contribution is 2.40. The average Bonchev–Trinajstić information content (AvgIpc) is 2.17. The molecule has 2 atom stereocenters. The van der Waals surface area contributed by atoms with Crippen molar-refractivity contribution in [3.8, 4) is 0 Å². The van der Waals surface area contributed by atoms with Crippen molar-refractivity contribution in [3.63, 3.8) is 0 Å². The third kappa shape index (κ3) is 1.28. The zero-order valence-corrected chi connectivity index (χ0v) is 6.23. The first-order valence-electron chi connectivity index (χ1n) is 2.67. The van der Waals surface area contributed by atoms with E-state index in [4.69, 9.17) is 0 Å². The first-order valence-corrected chi connectivity index (χ1v) is 2.67. The van der Waals surface area contributed by atoms with Gasteiger partial charge in [-0.2, -0.15) is 0 Å². The van der Waals surface area contributed by atoms with Crippen LogP contribution >= 0.6 is 24.8 Å². The Morgan fingerprint density at radius 2 is 1.50 bits per heavy atom. The van der Waals surface area contributed by atoms with Gasteiger partial charge in [0.25, 0.3) is 0 Å². The standard InChI is InChI=1S/C5H9N.2ClH/c1-4-2-6-3-5(1)4;;/h4-6H,1-3H2;2*1H. The minimum absolute atomic E-state index is 0. The SMILES string of the molecule is C1NCC2CC12.Cl.Cl. The fourth-order valence-electron chi connectivity index (χ4n) is 1.26. The molecule has 0 aromatic rings. The molecule has 1 heterocycles. The number of rotatable bonds is 0. The van der Waals surface area contributed by atoms with Crippen molar-refractivity contribution in [1.29, 1.82) is 0 Å². The second-order valence-electron chi connectivity index (χ2n) is 2.41. The van der Waals surface area contributed by atoms with Gasteiger partial charge in [-0.1, -0.05) is 0 Å². The molecule has 1 saturated heterocycles. The second kappa shape index (κ2) is 2.90. The van der Waals surface area contributed by atoms with Gasteiger partial charge in [-0.3, -0.25) is 0 Å². The molecule has 0 radical (unpaired) electrons. The summed E-state index contributed by atoms with van der Waals surface area (Å²) in [6, 6.07) is 0. The number of fused-ring (bicyclic) bond motifs is 1. The van der Waals surface area contributed by atoms with Crippen LogP contribution in [0.25, 0.3) is 0 Å². The quantitative estimate of drug-likeness (QED) is 0.553. The normalized spacial score (nSPS) is 39.0. The van der Waals surface area contributed by atoms with Gasteiger partial charge in [0, 0.05) is 0 Å². The monoisotopic (exact) mass is 155 g/mol. The van der Waals surface area contributed by atoms with Crippen LogP contribution in [0, 0.1) is 11.8 Å². The van der Waals surface area contributed by atoms with Crippen LogP contribution in [0.2, 0.25) is 0 Å². The fraction of sp³-hybridized carbons (Fsp3) is 1.00. The van der Waals surface area contributed by atoms with Crippen LogP contribution in [0.4, 0.5) is 0 Å². The van der Waals surface area contributed by atoms with Crippen molar-refractivity contribution >= 4 is 24.8 Å². The van der Waals surface area contributed by atoms with E-state index in [1.165, 1.54) is 19.5 Å². The van der Waals surface area contributed by atoms with Crippen molar-refractivity contribution in [3.05, 3.63) is 0 Å². The lowest BCUT2D eigenvalue weighted by molar-refractivity contribution is 0.732. The first kappa shape index (κ1) is 8.54. The molecule has 1 aliphatic heterocycles. The molecule has 0 spiro atoms. The van der Waals surface area contributed by atoms with Gasteiger partial charge in [-0.05, 0) is 31.3 Å². The molecule has 2 unspecified atom stereocenters. The molecular formula is C5H11Cl2N. The Kier molecular flexibility index (Phi) is 3.10. The Morgan fingerprint density at radius 3 is 1.62 bits per heavy atom. The van der Waals surface area contributed by atoms with E-state index in [0.717, 1.165) is 11.8 Å². The van der Waals surface area contributed by atoms with Crippen LogP contribution in [0.5, 0.6) is 0 Å². The van der Waals surface area contributed by atoms with Crippen molar-refractivity contribution < 1.29 is 0 Å². The van der Waals surface area contributed by atoms with Gasteiger partial charge >= 0.3 is 0 Å². The average molecular weight is 156 g/mol. The molecule has 1 saturated carbocycles. The molecule has 0 aromatic carbocycles. The maximum atomic E-state index is 3.32. The summed E-state index contributed by atoms with van der Waals surface area (Å²) >= 11 is 0. The Morgan fingerprint density at radius 1 is 1.00 bits per heavy atom. The molecule has 0 amide bonds. The molecule has 1 aliphatic carbocycles. The third-order valence-corrected chi connectivity index (χ3v) is 1.88. The van der Waals surface area contributed by atoms with Gasteiger partial charge in [0.05, 0.1) is 0 Å². The lowest BCUT2D eigenvalue weighted by Gasteiger charge is -1.87. The highest BCUT2D eigenvalue weighted by atomic mass is 35.5. The van der Waals surface area contributed by atoms with E-state index < -0.39 is 0 Å². The summed E-state index contributed by atoms with van der Waals surface area (Å²) in [7, 11) is 0. The van der Waals surface area contributed by atoms with E-state index in [9.17, 15) is 0 Å². The smallest absolute Gasteiger partial charge is 0.00172 e. The summed E-state index contributed by atoms with van der Waals surface area (Å²) in [5.41, 5.74) is 0. The Bertz CT molecular complexity index is 68.8. The Labute approximate surface area is 62.0 Å². The van der Waals surface area contributed by atoms with Gasteiger partial charge < -0.3 is 5.32 Å². The number of piperidine rings is 1. The zero-order chi connectivity index (χ0) is 3.98. The van der Waals surface area contributed by atoms with E-state index >= 15 is 0 Å². The largest absolute Gasteiger partial charge is 0.316 e. The van der Waals surface area contributed by atoms with Crippen molar-refractivity contribution in [2.24, 2.45) is 11.8 Å². The first-order chi connectivity index (χ1) is 2.97. The fourth-order valence-corrected chi connectivity index (χ4v) is 1.26. The summed E-state index contributed by atoms with van der Waals surface area (Å²) in [4.78, 5) is 0. The predicted molar refractivity (Wildman–Crippen MR) is 39.0 cm³/mol. The minimum Gasteiger partial charge on any atom is -0.316 e. The molecule has 2 aliphatic rings. The zero-order valence-electron chi connectivity index (χ0n) is 4.59. The molecule has 2 fully saturated rings. The number of nitrogens with one attached hydrogen (secondary N) is 1. The van der Waals surface area contributed by atoms with Crippen LogP contribution in [0.15, 0.2) is 0 Å². The Hall–Kier alpha value is 0.540. The van der Waals surface area contributed by atoms with Gasteiger partial charge in [-0.15, -0.1) is 24.8 Å². The molecule has 8 heavy (non-hydrogen) atoms. The second-order valence-corrected chi connectivity index (χ2v) is 2.41. The minimum atomic E-state index is 0. The molecule has 3 heteroatoms. The van der Waals surface area contributed by atoms with E-state index in [1.54, 1.807) is 0 Å². The molecule has 1 nitrogen and oxygen atoms in total. The van der Waals surface area contributed by atoms with Crippen molar-refractivity contribution in [2.75, 3.05) is 13.1 Å². The summed E-state index contributed by atoms with van der Waals surface area (Å²) < 4.78 is 0. The van der Waals surface area contributed by atoms with Gasteiger partial charge in [0.1, 0.15) is 0 Å². The van der Waals surface area contributed by atoms with E-state index in [1.807, 2.05) is 0 Å². The predicted octanol–water partition coefficient (Wildman–Crippen LogP) is 1.07. The highest BCUT2D eigenvalue weighted by molar-refractivity contribution is 5.85. The summed E-state index contributed by atoms with van der Waals surface area (Å²) in [6.45, 7) is 2.62. The Balaban J connectivity index is 0.000000245. The molecule has 0 bridgehead atoms. The van der Waals surface area contributed by atoms with Crippen LogP contribution in [0.1, 0.15) is 6.42 Å². The summed E-state index contributed by atoms with van der Waals surface area (Å²) in [6.07, 6.45) is 1.52. The van der Waals surface area contributed by atoms with Crippen molar-refractivity contribution in [2.45, 2.75) is 6.42 Å².